The Hall–Kier alpha value is -3.37. The third-order valence-electron chi connectivity index (χ3n) is 5.43. The van der Waals surface area contributed by atoms with Gasteiger partial charge in [-0.25, -0.2) is 4.98 Å². The van der Waals surface area contributed by atoms with Gasteiger partial charge in [-0.3, -0.25) is 14.3 Å². The van der Waals surface area contributed by atoms with Gasteiger partial charge in [0.25, 0.3) is 5.56 Å². The molecule has 0 aliphatic carbocycles. The standard InChI is InChI=1S/C22H23N5O2/c1-29-20-4-2-3-19-21(20)22(28)27(16-24-19)14-11-25-9-12-26(13-10-25)18-7-5-17(15-23)6-8-18/h2-8,16H,9-14H2,1H3. The number of aromatic nitrogens is 2. The number of fused-ring (bicyclic) bond motifs is 1. The summed E-state index contributed by atoms with van der Waals surface area (Å²) in [5.74, 6) is 0.561. The van der Waals surface area contributed by atoms with Gasteiger partial charge in [-0.1, -0.05) is 6.07 Å². The van der Waals surface area contributed by atoms with Crippen LogP contribution in [-0.4, -0.2) is 54.3 Å². The first-order valence-electron chi connectivity index (χ1n) is 9.69. The van der Waals surface area contributed by atoms with Gasteiger partial charge in [0.05, 0.1) is 30.6 Å². The van der Waals surface area contributed by atoms with E-state index in [0.717, 1.165) is 38.4 Å². The number of hydrogen-bond acceptors (Lipinski definition) is 6. The molecule has 0 amide bonds. The van der Waals surface area contributed by atoms with Crippen LogP contribution in [0.2, 0.25) is 0 Å². The van der Waals surface area contributed by atoms with E-state index >= 15 is 0 Å². The molecule has 1 aliphatic heterocycles. The van der Waals surface area contributed by atoms with E-state index in [-0.39, 0.29) is 5.56 Å². The summed E-state index contributed by atoms with van der Waals surface area (Å²) in [5, 5.41) is 9.46. The first-order valence-corrected chi connectivity index (χ1v) is 9.69. The van der Waals surface area contributed by atoms with E-state index in [2.05, 4.69) is 20.9 Å². The van der Waals surface area contributed by atoms with E-state index in [1.54, 1.807) is 24.1 Å². The number of ether oxygens (including phenoxy) is 1. The topological polar surface area (TPSA) is 74.4 Å². The number of rotatable bonds is 5. The van der Waals surface area contributed by atoms with E-state index in [0.29, 0.717) is 28.8 Å². The number of methoxy groups -OCH3 is 1. The molecule has 3 aromatic rings. The highest BCUT2D eigenvalue weighted by Crippen LogP contribution is 2.20. The number of benzene rings is 2. The van der Waals surface area contributed by atoms with Gasteiger partial charge in [-0.2, -0.15) is 5.26 Å². The molecule has 0 atom stereocenters. The summed E-state index contributed by atoms with van der Waals surface area (Å²) in [6, 6.07) is 15.3. The van der Waals surface area contributed by atoms with Gasteiger partial charge in [0.1, 0.15) is 11.1 Å². The van der Waals surface area contributed by atoms with E-state index in [1.165, 1.54) is 0 Å². The molecular formula is C22H23N5O2. The van der Waals surface area contributed by atoms with E-state index in [4.69, 9.17) is 10.00 Å². The molecule has 148 valence electrons. The van der Waals surface area contributed by atoms with Crippen molar-refractivity contribution in [1.29, 1.82) is 5.26 Å². The molecule has 2 heterocycles. The second kappa shape index (κ2) is 8.33. The molecular weight excluding hydrogens is 366 g/mol. The lowest BCUT2D eigenvalue weighted by Gasteiger charge is -2.36. The molecule has 1 aliphatic rings. The first-order chi connectivity index (χ1) is 14.2. The highest BCUT2D eigenvalue weighted by atomic mass is 16.5. The molecule has 7 heteroatoms. The van der Waals surface area contributed by atoms with Gasteiger partial charge in [-0.15, -0.1) is 0 Å². The molecule has 0 bridgehead atoms. The zero-order valence-electron chi connectivity index (χ0n) is 16.4. The highest BCUT2D eigenvalue weighted by molar-refractivity contribution is 5.83. The van der Waals surface area contributed by atoms with Gasteiger partial charge in [0, 0.05) is 45.0 Å². The predicted molar refractivity (Wildman–Crippen MR) is 112 cm³/mol. The highest BCUT2D eigenvalue weighted by Gasteiger charge is 2.17. The Morgan fingerprint density at radius 2 is 1.83 bits per heavy atom. The minimum absolute atomic E-state index is 0.0660. The van der Waals surface area contributed by atoms with Gasteiger partial charge in [0.15, 0.2) is 0 Å². The first kappa shape index (κ1) is 19.0. The van der Waals surface area contributed by atoms with Crippen LogP contribution in [0, 0.1) is 11.3 Å². The molecule has 4 rings (SSSR count). The van der Waals surface area contributed by atoms with Crippen LogP contribution in [-0.2, 0) is 6.54 Å². The fraction of sp³-hybridized carbons (Fsp3) is 0.318. The van der Waals surface area contributed by atoms with Gasteiger partial charge in [0.2, 0.25) is 0 Å². The van der Waals surface area contributed by atoms with Crippen LogP contribution < -0.4 is 15.2 Å². The quantitative estimate of drug-likeness (QED) is 0.665. The number of hydrogen-bond donors (Lipinski definition) is 0. The van der Waals surface area contributed by atoms with E-state index in [1.807, 2.05) is 36.4 Å². The lowest BCUT2D eigenvalue weighted by atomic mass is 10.2. The van der Waals surface area contributed by atoms with E-state index in [9.17, 15) is 4.79 Å². The third-order valence-corrected chi connectivity index (χ3v) is 5.43. The summed E-state index contributed by atoms with van der Waals surface area (Å²) in [5.41, 5.74) is 2.41. The Bertz CT molecular complexity index is 1090. The fourth-order valence-corrected chi connectivity index (χ4v) is 3.73. The van der Waals surface area contributed by atoms with Crippen LogP contribution in [0.3, 0.4) is 0 Å². The largest absolute Gasteiger partial charge is 0.496 e. The zero-order valence-corrected chi connectivity index (χ0v) is 16.4. The van der Waals surface area contributed by atoms with Crippen LogP contribution in [0.1, 0.15) is 5.56 Å². The van der Waals surface area contributed by atoms with Crippen molar-refractivity contribution in [3.8, 4) is 11.8 Å². The van der Waals surface area contributed by atoms with Crippen molar-refractivity contribution in [2.24, 2.45) is 0 Å². The van der Waals surface area contributed by atoms with Crippen molar-refractivity contribution in [1.82, 2.24) is 14.5 Å². The number of piperazine rings is 1. The molecule has 1 fully saturated rings. The van der Waals surface area contributed by atoms with Crippen LogP contribution in [0.25, 0.3) is 10.9 Å². The summed E-state index contributed by atoms with van der Waals surface area (Å²) in [6.45, 7) is 5.09. The Morgan fingerprint density at radius 3 is 2.52 bits per heavy atom. The maximum atomic E-state index is 12.9. The maximum Gasteiger partial charge on any atom is 0.265 e. The molecule has 0 unspecified atom stereocenters. The van der Waals surface area contributed by atoms with Crippen molar-refractivity contribution in [2.45, 2.75) is 6.54 Å². The van der Waals surface area contributed by atoms with Crippen molar-refractivity contribution in [3.63, 3.8) is 0 Å². The average molecular weight is 389 g/mol. The van der Waals surface area contributed by atoms with Crippen molar-refractivity contribution in [3.05, 3.63) is 64.7 Å². The van der Waals surface area contributed by atoms with Gasteiger partial charge >= 0.3 is 0 Å². The summed E-state index contributed by atoms with van der Waals surface area (Å²) < 4.78 is 7.00. The minimum Gasteiger partial charge on any atom is -0.496 e. The summed E-state index contributed by atoms with van der Waals surface area (Å²) in [7, 11) is 1.57. The van der Waals surface area contributed by atoms with Crippen LogP contribution in [0.4, 0.5) is 5.69 Å². The Morgan fingerprint density at radius 1 is 1.07 bits per heavy atom. The lowest BCUT2D eigenvalue weighted by Crippen LogP contribution is -2.47. The zero-order chi connectivity index (χ0) is 20.2. The normalized spacial score (nSPS) is 14.7. The second-order valence-electron chi connectivity index (χ2n) is 7.08. The number of nitriles is 1. The monoisotopic (exact) mass is 389 g/mol. The molecule has 1 aromatic heterocycles. The number of nitrogens with zero attached hydrogens (tertiary/aromatic N) is 5. The van der Waals surface area contributed by atoms with Gasteiger partial charge in [-0.05, 0) is 36.4 Å². The van der Waals surface area contributed by atoms with Crippen molar-refractivity contribution in [2.75, 3.05) is 44.7 Å². The lowest BCUT2D eigenvalue weighted by molar-refractivity contribution is 0.247. The molecule has 29 heavy (non-hydrogen) atoms. The molecule has 1 saturated heterocycles. The van der Waals surface area contributed by atoms with Crippen LogP contribution in [0.15, 0.2) is 53.6 Å². The summed E-state index contributed by atoms with van der Waals surface area (Å²) in [6.07, 6.45) is 1.62. The van der Waals surface area contributed by atoms with Crippen LogP contribution >= 0.6 is 0 Å². The van der Waals surface area contributed by atoms with Crippen molar-refractivity contribution < 1.29 is 4.74 Å². The molecule has 0 saturated carbocycles. The summed E-state index contributed by atoms with van der Waals surface area (Å²) in [4.78, 5) is 22.0. The molecule has 0 N–H and O–H groups in total. The third kappa shape index (κ3) is 3.93. The average Bonchev–Trinajstić information content (AvgIpc) is 2.78. The second-order valence-corrected chi connectivity index (χ2v) is 7.08. The molecule has 0 radical (unpaired) electrons. The predicted octanol–water partition coefficient (Wildman–Crippen LogP) is 2.10. The fourth-order valence-electron chi connectivity index (χ4n) is 3.73. The Kier molecular flexibility index (Phi) is 5.45. The van der Waals surface area contributed by atoms with Crippen LogP contribution in [0.5, 0.6) is 5.75 Å². The van der Waals surface area contributed by atoms with E-state index < -0.39 is 0 Å². The van der Waals surface area contributed by atoms with Gasteiger partial charge < -0.3 is 9.64 Å². The molecule has 7 nitrogen and oxygen atoms in total. The Balaban J connectivity index is 1.39. The SMILES string of the molecule is COc1cccc2ncn(CCN3CCN(c4ccc(C#N)cc4)CC3)c(=O)c12. The molecule has 0 spiro atoms. The number of anilines is 1. The summed E-state index contributed by atoms with van der Waals surface area (Å²) >= 11 is 0. The minimum atomic E-state index is -0.0660. The van der Waals surface area contributed by atoms with Crippen molar-refractivity contribution >= 4 is 16.6 Å². The Labute approximate surface area is 169 Å². The maximum absolute atomic E-state index is 12.9. The molecule has 2 aromatic carbocycles. The smallest absolute Gasteiger partial charge is 0.265 e.